The summed E-state index contributed by atoms with van der Waals surface area (Å²) >= 11 is 0. The Hall–Kier alpha value is -0.870. The van der Waals surface area contributed by atoms with Crippen LogP contribution in [0.15, 0.2) is 6.07 Å². The Morgan fingerprint density at radius 2 is 2.29 bits per heavy atom. The van der Waals surface area contributed by atoms with Crippen molar-refractivity contribution in [1.82, 2.24) is 14.7 Å². The first-order valence-electron chi connectivity index (χ1n) is 6.78. The van der Waals surface area contributed by atoms with Crippen LogP contribution in [0.5, 0.6) is 0 Å². The molecular weight excluding hydrogens is 212 g/mol. The van der Waals surface area contributed by atoms with E-state index in [4.69, 9.17) is 5.73 Å². The maximum Gasteiger partial charge on any atom is 0.0625 e. The van der Waals surface area contributed by atoms with Crippen molar-refractivity contribution < 1.29 is 0 Å². The molecule has 1 aliphatic heterocycles. The number of rotatable bonds is 5. The number of likely N-dealkylation sites (tertiary alicyclic amines) is 1. The first kappa shape index (κ1) is 12.6. The topological polar surface area (TPSA) is 47.1 Å². The summed E-state index contributed by atoms with van der Waals surface area (Å²) in [5.41, 5.74) is 8.35. The molecule has 0 spiro atoms. The summed E-state index contributed by atoms with van der Waals surface area (Å²) < 4.78 is 2.13. The second-order valence-electron chi connectivity index (χ2n) is 4.80. The van der Waals surface area contributed by atoms with Gasteiger partial charge in [-0.3, -0.25) is 9.58 Å². The van der Waals surface area contributed by atoms with Crippen LogP contribution in [-0.4, -0.2) is 33.8 Å². The van der Waals surface area contributed by atoms with Gasteiger partial charge in [0.2, 0.25) is 0 Å². The normalized spacial score (nSPS) is 21.2. The smallest absolute Gasteiger partial charge is 0.0625 e. The summed E-state index contributed by atoms with van der Waals surface area (Å²) in [4.78, 5) is 2.50. The van der Waals surface area contributed by atoms with Crippen molar-refractivity contribution in [3.8, 4) is 0 Å². The summed E-state index contributed by atoms with van der Waals surface area (Å²) in [5.74, 6) is 0. The molecule has 1 unspecified atom stereocenters. The zero-order valence-corrected chi connectivity index (χ0v) is 11.0. The fraction of sp³-hybridized carbons (Fsp3) is 0.769. The van der Waals surface area contributed by atoms with Gasteiger partial charge >= 0.3 is 0 Å². The van der Waals surface area contributed by atoms with Crippen LogP contribution in [0, 0.1) is 0 Å². The fourth-order valence-corrected chi connectivity index (χ4v) is 2.67. The molecule has 1 aromatic rings. The van der Waals surface area contributed by atoms with Crippen molar-refractivity contribution in [3.05, 3.63) is 17.5 Å². The molecule has 2 rings (SSSR count). The first-order valence-corrected chi connectivity index (χ1v) is 6.78. The maximum absolute atomic E-state index is 5.82. The Morgan fingerprint density at radius 1 is 1.47 bits per heavy atom. The quantitative estimate of drug-likeness (QED) is 0.840. The Morgan fingerprint density at radius 3 is 2.94 bits per heavy atom. The lowest BCUT2D eigenvalue weighted by Gasteiger charge is -2.23. The van der Waals surface area contributed by atoms with Gasteiger partial charge in [-0.2, -0.15) is 5.10 Å². The maximum atomic E-state index is 5.82. The van der Waals surface area contributed by atoms with E-state index < -0.39 is 0 Å². The van der Waals surface area contributed by atoms with Gasteiger partial charge in [0.05, 0.1) is 11.4 Å². The van der Waals surface area contributed by atoms with Crippen molar-refractivity contribution in [2.24, 2.45) is 5.73 Å². The minimum Gasteiger partial charge on any atom is -0.329 e. The summed E-state index contributed by atoms with van der Waals surface area (Å²) in [6.45, 7) is 8.23. The highest BCUT2D eigenvalue weighted by atomic mass is 15.3. The molecule has 17 heavy (non-hydrogen) atoms. The second kappa shape index (κ2) is 5.65. The lowest BCUT2D eigenvalue weighted by atomic mass is 10.2. The van der Waals surface area contributed by atoms with Crippen LogP contribution in [0.2, 0.25) is 0 Å². The third kappa shape index (κ3) is 2.69. The first-order chi connectivity index (χ1) is 8.28. The largest absolute Gasteiger partial charge is 0.329 e. The average molecular weight is 236 g/mol. The Labute approximate surface area is 104 Å². The monoisotopic (exact) mass is 236 g/mol. The molecule has 2 heterocycles. The third-order valence-electron chi connectivity index (χ3n) is 3.71. The molecule has 0 aromatic carbocycles. The van der Waals surface area contributed by atoms with Gasteiger partial charge in [-0.1, -0.05) is 6.92 Å². The molecule has 0 radical (unpaired) electrons. The molecule has 0 bridgehead atoms. The minimum atomic E-state index is 0.570. The minimum absolute atomic E-state index is 0.570. The van der Waals surface area contributed by atoms with Crippen molar-refractivity contribution >= 4 is 0 Å². The summed E-state index contributed by atoms with van der Waals surface area (Å²) in [6.07, 6.45) is 3.54. The number of nitrogens with zero attached hydrogens (tertiary/aromatic N) is 3. The van der Waals surface area contributed by atoms with E-state index in [1.165, 1.54) is 30.8 Å². The van der Waals surface area contributed by atoms with Crippen LogP contribution in [-0.2, 0) is 19.5 Å². The highest BCUT2D eigenvalue weighted by molar-refractivity contribution is 5.11. The lowest BCUT2D eigenvalue weighted by Crippen LogP contribution is -2.35. The highest BCUT2D eigenvalue weighted by Gasteiger charge is 2.24. The van der Waals surface area contributed by atoms with Crippen molar-refractivity contribution in [2.45, 2.75) is 52.2 Å². The van der Waals surface area contributed by atoms with Crippen molar-refractivity contribution in [2.75, 3.05) is 13.1 Å². The molecule has 4 heteroatoms. The summed E-state index contributed by atoms with van der Waals surface area (Å²) in [6, 6.07) is 2.82. The highest BCUT2D eigenvalue weighted by Crippen LogP contribution is 2.19. The molecule has 1 aromatic heterocycles. The van der Waals surface area contributed by atoms with E-state index in [1.807, 2.05) is 0 Å². The molecule has 1 saturated heterocycles. The van der Waals surface area contributed by atoms with Crippen LogP contribution in [0.4, 0.5) is 0 Å². The van der Waals surface area contributed by atoms with Crippen LogP contribution in [0.3, 0.4) is 0 Å². The molecular formula is C13H24N4. The Bertz CT molecular complexity index is 358. The SMILES string of the molecule is CCc1cc(CN2CCCC2CN)n(CC)n1. The molecule has 0 amide bonds. The molecule has 2 N–H and O–H groups in total. The van der Waals surface area contributed by atoms with Gasteiger partial charge in [0.25, 0.3) is 0 Å². The average Bonchev–Trinajstić information content (AvgIpc) is 2.95. The van der Waals surface area contributed by atoms with Crippen molar-refractivity contribution in [1.29, 1.82) is 0 Å². The van der Waals surface area contributed by atoms with E-state index in [1.54, 1.807) is 0 Å². The third-order valence-corrected chi connectivity index (χ3v) is 3.71. The van der Waals surface area contributed by atoms with Gasteiger partial charge in [0.1, 0.15) is 0 Å². The van der Waals surface area contributed by atoms with E-state index in [0.29, 0.717) is 6.04 Å². The number of nitrogens with two attached hydrogens (primary N) is 1. The molecule has 96 valence electrons. The van der Waals surface area contributed by atoms with E-state index in [2.05, 4.69) is 34.6 Å². The van der Waals surface area contributed by atoms with Gasteiger partial charge in [0.15, 0.2) is 0 Å². The van der Waals surface area contributed by atoms with Gasteiger partial charge in [-0.15, -0.1) is 0 Å². The summed E-state index contributed by atoms with van der Waals surface area (Å²) in [7, 11) is 0. The zero-order chi connectivity index (χ0) is 12.3. The van der Waals surface area contributed by atoms with E-state index in [-0.39, 0.29) is 0 Å². The summed E-state index contributed by atoms with van der Waals surface area (Å²) in [5, 5.41) is 4.60. The predicted octanol–water partition coefficient (Wildman–Crippen LogP) is 1.39. The Balaban J connectivity index is 2.09. The molecule has 1 atom stereocenters. The molecule has 0 saturated carbocycles. The van der Waals surface area contributed by atoms with E-state index >= 15 is 0 Å². The standard InChI is InChI=1S/C13H24N4/c1-3-11-8-13(17(4-2)15-11)10-16-7-5-6-12(16)9-14/h8,12H,3-7,9-10,14H2,1-2H3. The van der Waals surface area contributed by atoms with E-state index in [9.17, 15) is 0 Å². The second-order valence-corrected chi connectivity index (χ2v) is 4.80. The van der Waals surface area contributed by atoms with E-state index in [0.717, 1.165) is 26.1 Å². The number of aromatic nitrogens is 2. The van der Waals surface area contributed by atoms with Gasteiger partial charge in [-0.25, -0.2) is 0 Å². The van der Waals surface area contributed by atoms with Gasteiger partial charge in [-0.05, 0) is 38.8 Å². The van der Waals surface area contributed by atoms with Crippen LogP contribution < -0.4 is 5.73 Å². The molecule has 1 fully saturated rings. The van der Waals surface area contributed by atoms with Gasteiger partial charge in [0, 0.05) is 25.7 Å². The van der Waals surface area contributed by atoms with Gasteiger partial charge < -0.3 is 5.73 Å². The van der Waals surface area contributed by atoms with Crippen LogP contribution >= 0.6 is 0 Å². The number of hydrogen-bond acceptors (Lipinski definition) is 3. The Kier molecular flexibility index (Phi) is 4.18. The van der Waals surface area contributed by atoms with Crippen LogP contribution in [0.1, 0.15) is 38.1 Å². The predicted molar refractivity (Wildman–Crippen MR) is 69.8 cm³/mol. The molecule has 0 aliphatic carbocycles. The fourth-order valence-electron chi connectivity index (χ4n) is 2.67. The lowest BCUT2D eigenvalue weighted by molar-refractivity contribution is 0.242. The molecule has 4 nitrogen and oxygen atoms in total. The number of aryl methyl sites for hydroxylation is 2. The van der Waals surface area contributed by atoms with Crippen LogP contribution in [0.25, 0.3) is 0 Å². The zero-order valence-electron chi connectivity index (χ0n) is 11.0. The molecule has 1 aliphatic rings. The van der Waals surface area contributed by atoms with Crippen molar-refractivity contribution in [3.63, 3.8) is 0 Å². The number of hydrogen-bond donors (Lipinski definition) is 1.